The number of hydrogen-bond acceptors (Lipinski definition) is 1. The quantitative estimate of drug-likeness (QED) is 0.728. The van der Waals surface area contributed by atoms with Crippen LogP contribution >= 0.6 is 11.6 Å². The lowest BCUT2D eigenvalue weighted by Crippen LogP contribution is -2.43. The van der Waals surface area contributed by atoms with Crippen LogP contribution in [0.1, 0.15) is 45.6 Å². The minimum atomic E-state index is -1.22. The topological polar surface area (TPSA) is 3.24 Å². The molecule has 0 aromatic heterocycles. The Morgan fingerprint density at radius 3 is 2.41 bits per heavy atom. The van der Waals surface area contributed by atoms with Crippen LogP contribution in [0.2, 0.25) is 5.02 Å². The van der Waals surface area contributed by atoms with E-state index in [2.05, 4.69) is 25.7 Å². The molecule has 1 heterocycles. The summed E-state index contributed by atoms with van der Waals surface area (Å²) >= 11 is 6.02. The van der Waals surface area contributed by atoms with Crippen molar-refractivity contribution in [1.29, 1.82) is 0 Å². The van der Waals surface area contributed by atoms with Gasteiger partial charge in [0.2, 0.25) is 0 Å². The van der Waals surface area contributed by atoms with E-state index in [1.54, 1.807) is 6.07 Å². The van der Waals surface area contributed by atoms with E-state index < -0.39 is 5.67 Å². The van der Waals surface area contributed by atoms with Crippen molar-refractivity contribution in [3.8, 4) is 0 Å². The lowest BCUT2D eigenvalue weighted by atomic mass is 9.86. The number of halogens is 3. The van der Waals surface area contributed by atoms with E-state index in [1.807, 2.05) is 0 Å². The third kappa shape index (κ3) is 5.20. The van der Waals surface area contributed by atoms with Gasteiger partial charge in [-0.3, -0.25) is 0 Å². The lowest BCUT2D eigenvalue weighted by Gasteiger charge is -2.37. The summed E-state index contributed by atoms with van der Waals surface area (Å²) in [7, 11) is 0. The van der Waals surface area contributed by atoms with Crippen LogP contribution in [-0.2, 0) is 6.42 Å². The Morgan fingerprint density at radius 1 is 1.23 bits per heavy atom. The molecule has 22 heavy (non-hydrogen) atoms. The van der Waals surface area contributed by atoms with Crippen molar-refractivity contribution >= 4 is 11.6 Å². The van der Waals surface area contributed by atoms with Crippen LogP contribution in [0, 0.1) is 11.2 Å². The van der Waals surface area contributed by atoms with Crippen LogP contribution in [0.3, 0.4) is 0 Å². The molecule has 1 aliphatic rings. The molecule has 0 saturated carbocycles. The number of benzene rings is 1. The minimum Gasteiger partial charge on any atom is -0.303 e. The zero-order valence-corrected chi connectivity index (χ0v) is 14.5. The van der Waals surface area contributed by atoms with Gasteiger partial charge in [-0.2, -0.15) is 0 Å². The van der Waals surface area contributed by atoms with E-state index >= 15 is 4.39 Å². The summed E-state index contributed by atoms with van der Waals surface area (Å²) in [6.07, 6.45) is 2.44. The molecule has 0 amide bonds. The van der Waals surface area contributed by atoms with Crippen LogP contribution < -0.4 is 0 Å². The summed E-state index contributed by atoms with van der Waals surface area (Å²) in [6, 6.07) is 4.21. The number of rotatable bonds is 4. The van der Waals surface area contributed by atoms with Gasteiger partial charge in [0.1, 0.15) is 11.5 Å². The van der Waals surface area contributed by atoms with Crippen molar-refractivity contribution in [3.63, 3.8) is 0 Å². The number of piperidine rings is 1. The highest BCUT2D eigenvalue weighted by molar-refractivity contribution is 6.31. The maximum absolute atomic E-state index is 15.0. The van der Waals surface area contributed by atoms with Crippen molar-refractivity contribution in [2.24, 2.45) is 5.41 Å². The van der Waals surface area contributed by atoms with Gasteiger partial charge in [0.05, 0.1) is 0 Å². The molecule has 1 aromatic rings. The standard InChI is InChI=1S/C18H26ClF2N/c1-17(2,3)6-9-22-10-7-18(21,8-11-22)13-14-4-5-15(20)12-16(14)19/h4-5,12H,6-11,13H2,1-3H3. The third-order valence-corrected chi connectivity index (χ3v) is 4.80. The average Bonchev–Trinajstić information content (AvgIpc) is 2.41. The molecule has 0 aliphatic carbocycles. The molecule has 1 fully saturated rings. The van der Waals surface area contributed by atoms with Crippen molar-refractivity contribution in [2.75, 3.05) is 19.6 Å². The second kappa shape index (κ2) is 6.84. The first-order valence-electron chi connectivity index (χ1n) is 8.02. The average molecular weight is 330 g/mol. The molecule has 0 atom stereocenters. The van der Waals surface area contributed by atoms with Gasteiger partial charge < -0.3 is 4.90 Å². The summed E-state index contributed by atoms with van der Waals surface area (Å²) in [4.78, 5) is 2.34. The van der Waals surface area contributed by atoms with E-state index in [0.29, 0.717) is 28.8 Å². The molecule has 124 valence electrons. The Kier molecular flexibility index (Phi) is 5.50. The maximum atomic E-state index is 15.0. The zero-order chi connectivity index (χ0) is 16.4. The van der Waals surface area contributed by atoms with Crippen molar-refractivity contribution in [1.82, 2.24) is 4.90 Å². The largest absolute Gasteiger partial charge is 0.303 e. The maximum Gasteiger partial charge on any atom is 0.124 e. The first-order valence-corrected chi connectivity index (χ1v) is 8.40. The molecule has 0 unspecified atom stereocenters. The number of nitrogens with zero attached hydrogens (tertiary/aromatic N) is 1. The second-order valence-corrected chi connectivity index (χ2v) is 8.12. The minimum absolute atomic E-state index is 0.277. The highest BCUT2D eigenvalue weighted by atomic mass is 35.5. The van der Waals surface area contributed by atoms with E-state index in [-0.39, 0.29) is 12.2 Å². The Hall–Kier alpha value is -0.670. The van der Waals surface area contributed by atoms with Crippen molar-refractivity contribution < 1.29 is 8.78 Å². The summed E-state index contributed by atoms with van der Waals surface area (Å²) in [5.74, 6) is -0.376. The summed E-state index contributed by atoms with van der Waals surface area (Å²) < 4.78 is 28.1. The SMILES string of the molecule is CC(C)(C)CCN1CCC(F)(Cc2ccc(F)cc2Cl)CC1. The van der Waals surface area contributed by atoms with Crippen LogP contribution in [0.25, 0.3) is 0 Å². The summed E-state index contributed by atoms with van der Waals surface area (Å²) in [6.45, 7) is 9.28. The van der Waals surface area contributed by atoms with Crippen LogP contribution in [0.5, 0.6) is 0 Å². The van der Waals surface area contributed by atoms with Gasteiger partial charge in [-0.1, -0.05) is 38.4 Å². The van der Waals surface area contributed by atoms with Gasteiger partial charge in [0.15, 0.2) is 0 Å². The normalized spacial score (nSPS) is 19.4. The molecule has 1 aromatic carbocycles. The Bertz CT molecular complexity index is 502. The van der Waals surface area contributed by atoms with Gasteiger partial charge >= 0.3 is 0 Å². The van der Waals surface area contributed by atoms with E-state index in [1.165, 1.54) is 12.1 Å². The monoisotopic (exact) mass is 329 g/mol. The van der Waals surface area contributed by atoms with Gasteiger partial charge in [-0.25, -0.2) is 8.78 Å². The Labute approximate surface area is 137 Å². The van der Waals surface area contributed by atoms with E-state index in [9.17, 15) is 4.39 Å². The highest BCUT2D eigenvalue weighted by Crippen LogP contribution is 2.33. The van der Waals surface area contributed by atoms with Crippen LogP contribution in [0.15, 0.2) is 18.2 Å². The Morgan fingerprint density at radius 2 is 1.86 bits per heavy atom. The first kappa shape index (κ1) is 17.7. The fourth-order valence-corrected chi connectivity index (χ4v) is 3.09. The van der Waals surface area contributed by atoms with Crippen LogP contribution in [-0.4, -0.2) is 30.2 Å². The van der Waals surface area contributed by atoms with E-state index in [0.717, 1.165) is 26.1 Å². The molecule has 4 heteroatoms. The number of hydrogen-bond donors (Lipinski definition) is 0. The highest BCUT2D eigenvalue weighted by Gasteiger charge is 2.35. The third-order valence-electron chi connectivity index (χ3n) is 4.45. The predicted molar refractivity (Wildman–Crippen MR) is 88.7 cm³/mol. The van der Waals surface area contributed by atoms with Crippen molar-refractivity contribution in [2.45, 2.75) is 52.1 Å². The molecular formula is C18H26ClF2N. The molecule has 0 spiro atoms. The van der Waals surface area contributed by atoms with Gasteiger partial charge in [-0.15, -0.1) is 0 Å². The molecule has 0 radical (unpaired) electrons. The Balaban J connectivity index is 1.89. The second-order valence-electron chi connectivity index (χ2n) is 7.72. The fourth-order valence-electron chi connectivity index (χ4n) is 2.85. The number of likely N-dealkylation sites (tertiary alicyclic amines) is 1. The van der Waals surface area contributed by atoms with E-state index in [4.69, 9.17) is 11.6 Å². The molecule has 0 N–H and O–H groups in total. The molecule has 1 aliphatic heterocycles. The predicted octanol–water partition coefficient (Wildman–Crippen LogP) is 5.26. The molecule has 1 saturated heterocycles. The summed E-state index contributed by atoms with van der Waals surface area (Å²) in [5.41, 5.74) is -0.209. The van der Waals surface area contributed by atoms with Crippen molar-refractivity contribution in [3.05, 3.63) is 34.6 Å². The zero-order valence-electron chi connectivity index (χ0n) is 13.8. The summed E-state index contributed by atoms with van der Waals surface area (Å²) in [5, 5.41) is 0.326. The first-order chi connectivity index (χ1) is 10.2. The van der Waals surface area contributed by atoms with Gasteiger partial charge in [-0.05, 0) is 48.9 Å². The smallest absolute Gasteiger partial charge is 0.124 e. The molecule has 1 nitrogen and oxygen atoms in total. The van der Waals surface area contributed by atoms with Gasteiger partial charge in [0, 0.05) is 24.5 Å². The van der Waals surface area contributed by atoms with Crippen LogP contribution in [0.4, 0.5) is 8.78 Å². The molecular weight excluding hydrogens is 304 g/mol. The molecule has 2 rings (SSSR count). The molecule has 0 bridgehead atoms. The lowest BCUT2D eigenvalue weighted by molar-refractivity contribution is 0.0541. The van der Waals surface area contributed by atoms with Gasteiger partial charge in [0.25, 0.3) is 0 Å². The number of alkyl halides is 1. The fraction of sp³-hybridized carbons (Fsp3) is 0.667.